The molecule has 1 aromatic rings. The molecular weight excluding hydrogens is 322 g/mol. The summed E-state index contributed by atoms with van der Waals surface area (Å²) in [6.45, 7) is 7.13. The van der Waals surface area contributed by atoms with Crippen molar-refractivity contribution in [2.45, 2.75) is 19.4 Å². The fourth-order valence-electron chi connectivity index (χ4n) is 2.53. The van der Waals surface area contributed by atoms with Gasteiger partial charge >= 0.3 is 6.03 Å². The number of carbonyl (C=O) groups excluding carboxylic acids is 1. The van der Waals surface area contributed by atoms with Crippen LogP contribution >= 0.6 is 22.9 Å². The standard InChI is InChI=1S/C15H24ClN3O2S/c1-12(13-4-5-14(16)22-13)17-15(20)19-7-3-6-18(8-9-19)10-11-21-2/h4-5,12H,3,6-11H2,1-2H3,(H,17,20). The molecular formula is C15H24ClN3O2S. The Bertz CT molecular complexity index is 483. The van der Waals surface area contributed by atoms with Crippen LogP contribution in [0.2, 0.25) is 4.34 Å². The number of thiophene rings is 1. The molecule has 0 saturated carbocycles. The molecule has 0 bridgehead atoms. The maximum atomic E-state index is 12.4. The van der Waals surface area contributed by atoms with Crippen molar-refractivity contribution in [3.8, 4) is 0 Å². The third-order valence-corrected chi connectivity index (χ3v) is 5.26. The number of halogens is 1. The number of rotatable bonds is 5. The first-order valence-corrected chi connectivity index (χ1v) is 8.81. The molecule has 1 aromatic heterocycles. The number of nitrogens with zero attached hydrogens (tertiary/aromatic N) is 2. The first-order chi connectivity index (χ1) is 10.6. The van der Waals surface area contributed by atoms with E-state index >= 15 is 0 Å². The van der Waals surface area contributed by atoms with E-state index in [-0.39, 0.29) is 12.1 Å². The van der Waals surface area contributed by atoms with Crippen molar-refractivity contribution < 1.29 is 9.53 Å². The Balaban J connectivity index is 1.82. The van der Waals surface area contributed by atoms with Crippen LogP contribution < -0.4 is 5.32 Å². The van der Waals surface area contributed by atoms with Gasteiger partial charge in [-0.2, -0.15) is 0 Å². The molecule has 0 aromatic carbocycles. The van der Waals surface area contributed by atoms with Crippen LogP contribution in [0.4, 0.5) is 4.79 Å². The Morgan fingerprint density at radius 2 is 2.23 bits per heavy atom. The first-order valence-electron chi connectivity index (χ1n) is 7.62. The van der Waals surface area contributed by atoms with Gasteiger partial charge in [-0.25, -0.2) is 4.79 Å². The minimum atomic E-state index is -0.0159. The van der Waals surface area contributed by atoms with Crippen molar-refractivity contribution in [3.05, 3.63) is 21.3 Å². The van der Waals surface area contributed by atoms with Crippen molar-refractivity contribution in [3.63, 3.8) is 0 Å². The third-order valence-electron chi connectivity index (χ3n) is 3.85. The molecule has 0 aliphatic carbocycles. The largest absolute Gasteiger partial charge is 0.383 e. The highest BCUT2D eigenvalue weighted by molar-refractivity contribution is 7.16. The number of methoxy groups -OCH3 is 1. The highest BCUT2D eigenvalue weighted by Gasteiger charge is 2.20. The highest BCUT2D eigenvalue weighted by Crippen LogP contribution is 2.26. The van der Waals surface area contributed by atoms with E-state index < -0.39 is 0 Å². The van der Waals surface area contributed by atoms with Gasteiger partial charge in [-0.3, -0.25) is 4.90 Å². The maximum absolute atomic E-state index is 12.4. The molecule has 22 heavy (non-hydrogen) atoms. The molecule has 1 atom stereocenters. The predicted octanol–water partition coefficient (Wildman–Crippen LogP) is 2.83. The zero-order valence-electron chi connectivity index (χ0n) is 13.2. The van der Waals surface area contributed by atoms with E-state index in [0.29, 0.717) is 0 Å². The molecule has 2 heterocycles. The second kappa shape index (κ2) is 8.72. The lowest BCUT2D eigenvalue weighted by molar-refractivity contribution is 0.149. The summed E-state index contributed by atoms with van der Waals surface area (Å²) in [4.78, 5) is 17.7. The van der Waals surface area contributed by atoms with Crippen molar-refractivity contribution in [1.29, 1.82) is 0 Å². The maximum Gasteiger partial charge on any atom is 0.317 e. The molecule has 2 rings (SSSR count). The van der Waals surface area contributed by atoms with Crippen molar-refractivity contribution in [2.75, 3.05) is 46.4 Å². The molecule has 1 fully saturated rings. The first kappa shape index (κ1) is 17.5. The fraction of sp³-hybridized carbons (Fsp3) is 0.667. The monoisotopic (exact) mass is 345 g/mol. The van der Waals surface area contributed by atoms with Gasteiger partial charge in [0.1, 0.15) is 0 Å². The average molecular weight is 346 g/mol. The Hall–Kier alpha value is -0.820. The van der Waals surface area contributed by atoms with E-state index in [1.54, 1.807) is 7.11 Å². The smallest absolute Gasteiger partial charge is 0.317 e. The number of carbonyl (C=O) groups is 1. The molecule has 1 saturated heterocycles. The normalized spacial score (nSPS) is 18.0. The summed E-state index contributed by atoms with van der Waals surface area (Å²) < 4.78 is 5.87. The second-order valence-electron chi connectivity index (χ2n) is 5.49. The number of ether oxygens (including phenoxy) is 1. The van der Waals surface area contributed by atoms with Crippen LogP contribution in [0.15, 0.2) is 12.1 Å². The number of hydrogen-bond acceptors (Lipinski definition) is 4. The number of amides is 2. The van der Waals surface area contributed by atoms with E-state index in [1.165, 1.54) is 11.3 Å². The molecule has 1 aliphatic rings. The van der Waals surface area contributed by atoms with Crippen molar-refractivity contribution in [2.24, 2.45) is 0 Å². The summed E-state index contributed by atoms with van der Waals surface area (Å²) in [6, 6.07) is 3.82. The van der Waals surface area contributed by atoms with Gasteiger partial charge in [0, 0.05) is 38.2 Å². The van der Waals surface area contributed by atoms with Crippen LogP contribution in [0.5, 0.6) is 0 Å². The van der Waals surface area contributed by atoms with Crippen LogP contribution in [-0.2, 0) is 4.74 Å². The molecule has 1 N–H and O–H groups in total. The Morgan fingerprint density at radius 1 is 1.41 bits per heavy atom. The minimum Gasteiger partial charge on any atom is -0.383 e. The van der Waals surface area contributed by atoms with E-state index in [4.69, 9.17) is 16.3 Å². The topological polar surface area (TPSA) is 44.8 Å². The SMILES string of the molecule is COCCN1CCCN(C(=O)NC(C)c2ccc(Cl)s2)CC1. The molecule has 0 spiro atoms. The summed E-state index contributed by atoms with van der Waals surface area (Å²) in [7, 11) is 1.72. The van der Waals surface area contributed by atoms with Crippen LogP contribution in [0, 0.1) is 0 Å². The molecule has 1 aliphatic heterocycles. The second-order valence-corrected chi connectivity index (χ2v) is 7.23. The van der Waals surface area contributed by atoms with Crippen LogP contribution in [0.1, 0.15) is 24.3 Å². The minimum absolute atomic E-state index is 0.00520. The van der Waals surface area contributed by atoms with Crippen LogP contribution in [-0.4, -0.2) is 62.3 Å². The Morgan fingerprint density at radius 3 is 2.91 bits per heavy atom. The zero-order valence-corrected chi connectivity index (χ0v) is 14.8. The van der Waals surface area contributed by atoms with Crippen molar-refractivity contribution in [1.82, 2.24) is 15.1 Å². The molecule has 0 radical (unpaired) electrons. The van der Waals surface area contributed by atoms with Gasteiger partial charge in [0.15, 0.2) is 0 Å². The van der Waals surface area contributed by atoms with Gasteiger partial charge in [-0.05, 0) is 32.0 Å². The van der Waals surface area contributed by atoms with E-state index in [1.807, 2.05) is 24.0 Å². The van der Waals surface area contributed by atoms with Gasteiger partial charge in [-0.1, -0.05) is 11.6 Å². The van der Waals surface area contributed by atoms with E-state index in [2.05, 4.69) is 10.2 Å². The van der Waals surface area contributed by atoms with E-state index in [0.717, 1.165) is 55.0 Å². The zero-order chi connectivity index (χ0) is 15.9. The summed E-state index contributed by atoms with van der Waals surface area (Å²) in [5.41, 5.74) is 0. The van der Waals surface area contributed by atoms with Crippen LogP contribution in [0.3, 0.4) is 0 Å². The van der Waals surface area contributed by atoms with Crippen LogP contribution in [0.25, 0.3) is 0 Å². The molecule has 5 nitrogen and oxygen atoms in total. The molecule has 2 amide bonds. The Kier molecular flexibility index (Phi) is 6.95. The molecule has 7 heteroatoms. The van der Waals surface area contributed by atoms with Gasteiger partial charge in [0.05, 0.1) is 17.0 Å². The van der Waals surface area contributed by atoms with Gasteiger partial charge in [0.2, 0.25) is 0 Å². The van der Waals surface area contributed by atoms with Gasteiger partial charge < -0.3 is 15.0 Å². The van der Waals surface area contributed by atoms with Gasteiger partial charge in [0.25, 0.3) is 0 Å². The quantitative estimate of drug-likeness (QED) is 0.892. The lowest BCUT2D eigenvalue weighted by Gasteiger charge is -2.24. The van der Waals surface area contributed by atoms with Crippen molar-refractivity contribution >= 4 is 29.0 Å². The molecule has 124 valence electrons. The number of hydrogen-bond donors (Lipinski definition) is 1. The number of urea groups is 1. The Labute approximate surface area is 141 Å². The molecule has 1 unspecified atom stereocenters. The highest BCUT2D eigenvalue weighted by atomic mass is 35.5. The summed E-state index contributed by atoms with van der Waals surface area (Å²) in [5.74, 6) is 0. The fourth-order valence-corrected chi connectivity index (χ4v) is 3.59. The third kappa shape index (κ3) is 5.12. The summed E-state index contributed by atoms with van der Waals surface area (Å²) >= 11 is 7.46. The summed E-state index contributed by atoms with van der Waals surface area (Å²) in [5, 5.41) is 3.06. The van der Waals surface area contributed by atoms with E-state index in [9.17, 15) is 4.79 Å². The number of nitrogens with one attached hydrogen (secondary N) is 1. The lowest BCUT2D eigenvalue weighted by atomic mass is 10.3. The lowest BCUT2D eigenvalue weighted by Crippen LogP contribution is -2.43. The van der Waals surface area contributed by atoms with Gasteiger partial charge in [-0.15, -0.1) is 11.3 Å². The average Bonchev–Trinajstić information content (AvgIpc) is 2.80. The predicted molar refractivity (Wildman–Crippen MR) is 90.8 cm³/mol. The summed E-state index contributed by atoms with van der Waals surface area (Å²) in [6.07, 6.45) is 0.996.